The summed E-state index contributed by atoms with van der Waals surface area (Å²) in [5.74, 6) is 0.230. The quantitative estimate of drug-likeness (QED) is 0.818. The lowest BCUT2D eigenvalue weighted by Gasteiger charge is -2.40. The van der Waals surface area contributed by atoms with Gasteiger partial charge in [0.2, 0.25) is 0 Å². The van der Waals surface area contributed by atoms with Crippen molar-refractivity contribution >= 4 is 5.84 Å². The first kappa shape index (κ1) is 18.5. The summed E-state index contributed by atoms with van der Waals surface area (Å²) in [6, 6.07) is 9.18. The Morgan fingerprint density at radius 3 is 2.79 bits per heavy atom. The smallest absolute Gasteiger partial charge is 0.164 e. The molecule has 1 saturated heterocycles. The van der Waals surface area contributed by atoms with Crippen molar-refractivity contribution in [2.24, 2.45) is 5.10 Å². The van der Waals surface area contributed by atoms with Crippen LogP contribution in [0.5, 0.6) is 11.5 Å². The summed E-state index contributed by atoms with van der Waals surface area (Å²) in [7, 11) is 3.20. The predicted molar refractivity (Wildman–Crippen MR) is 99.5 cm³/mol. The minimum absolute atomic E-state index is 0.232. The number of hydrogen-bond acceptors (Lipinski definition) is 7. The Morgan fingerprint density at radius 1 is 1.14 bits per heavy atom. The van der Waals surface area contributed by atoms with E-state index in [1.54, 1.807) is 25.3 Å². The molecule has 0 bridgehead atoms. The summed E-state index contributed by atoms with van der Waals surface area (Å²) < 4.78 is 39.4. The number of fused-ring (bicyclic) bond motifs is 1. The molecule has 0 saturated carbocycles. The molecule has 0 spiro atoms. The molecule has 1 fully saturated rings. The Balaban J connectivity index is 1.74. The summed E-state index contributed by atoms with van der Waals surface area (Å²) in [6.45, 7) is 1.69. The van der Waals surface area contributed by atoms with Crippen LogP contribution in [0.1, 0.15) is 17.2 Å². The van der Waals surface area contributed by atoms with Crippen molar-refractivity contribution in [3.05, 3.63) is 59.2 Å². The fourth-order valence-electron chi connectivity index (χ4n) is 3.62. The maximum Gasteiger partial charge on any atom is 0.164 e. The third kappa shape index (κ3) is 3.23. The van der Waals surface area contributed by atoms with Gasteiger partial charge < -0.3 is 9.47 Å². The van der Waals surface area contributed by atoms with Gasteiger partial charge in [0.15, 0.2) is 17.5 Å². The van der Waals surface area contributed by atoms with E-state index in [1.165, 1.54) is 6.07 Å². The first-order chi connectivity index (χ1) is 13.6. The molecule has 2 aromatic carbocycles. The van der Waals surface area contributed by atoms with Crippen molar-refractivity contribution in [1.29, 1.82) is 0 Å². The summed E-state index contributed by atoms with van der Waals surface area (Å²) in [5.41, 5.74) is 6.73. The molecule has 2 N–H and O–H groups in total. The second-order valence-corrected chi connectivity index (χ2v) is 6.54. The minimum Gasteiger partial charge on any atom is -0.497 e. The Hall–Kier alpha value is -2.91. The van der Waals surface area contributed by atoms with E-state index >= 15 is 0 Å². The van der Waals surface area contributed by atoms with Crippen LogP contribution in [-0.4, -0.2) is 43.1 Å². The highest BCUT2D eigenvalue weighted by Crippen LogP contribution is 2.34. The Kier molecular flexibility index (Phi) is 5.01. The highest BCUT2D eigenvalue weighted by molar-refractivity contribution is 5.89. The first-order valence-corrected chi connectivity index (χ1v) is 8.87. The zero-order valence-corrected chi connectivity index (χ0v) is 15.6. The number of piperazine rings is 1. The van der Waals surface area contributed by atoms with E-state index in [0.717, 1.165) is 11.6 Å². The van der Waals surface area contributed by atoms with Crippen molar-refractivity contribution in [2.75, 3.05) is 27.3 Å². The average Bonchev–Trinajstić information content (AvgIpc) is 3.19. The molecule has 148 valence electrons. The number of nitrogens with one attached hydrogen (secondary N) is 2. The van der Waals surface area contributed by atoms with Gasteiger partial charge in [0.05, 0.1) is 20.8 Å². The number of benzene rings is 2. The highest BCUT2D eigenvalue weighted by atomic mass is 19.2. The van der Waals surface area contributed by atoms with Gasteiger partial charge in [-0.1, -0.05) is 12.1 Å². The molecule has 0 radical (unpaired) electrons. The molecule has 0 aromatic heterocycles. The van der Waals surface area contributed by atoms with Gasteiger partial charge in [-0.15, -0.1) is 10.6 Å². The SMILES string of the molecule is COc1ccc(OC)c(CN2CCN3NNN=C3C2c2cccc(F)c2F)c1. The number of halogens is 2. The van der Waals surface area contributed by atoms with Gasteiger partial charge in [-0.2, -0.15) is 0 Å². The normalized spacial score (nSPS) is 19.1. The van der Waals surface area contributed by atoms with Crippen LogP contribution >= 0.6 is 0 Å². The number of nitrogens with zero attached hydrogens (tertiary/aromatic N) is 3. The van der Waals surface area contributed by atoms with Gasteiger partial charge in [0.1, 0.15) is 17.5 Å². The van der Waals surface area contributed by atoms with Crippen LogP contribution in [0.25, 0.3) is 0 Å². The van der Waals surface area contributed by atoms with Crippen LogP contribution in [0.2, 0.25) is 0 Å². The fourth-order valence-corrected chi connectivity index (χ4v) is 3.62. The zero-order valence-electron chi connectivity index (χ0n) is 15.6. The van der Waals surface area contributed by atoms with E-state index in [4.69, 9.17) is 9.47 Å². The summed E-state index contributed by atoms with van der Waals surface area (Å²) in [4.78, 5) is 2.04. The Morgan fingerprint density at radius 2 is 2.00 bits per heavy atom. The topological polar surface area (TPSA) is 61.4 Å². The van der Waals surface area contributed by atoms with E-state index in [2.05, 4.69) is 16.2 Å². The van der Waals surface area contributed by atoms with Crippen LogP contribution in [0.4, 0.5) is 8.78 Å². The van der Waals surface area contributed by atoms with Crippen LogP contribution in [0.3, 0.4) is 0 Å². The lowest BCUT2D eigenvalue weighted by atomic mass is 9.99. The number of methoxy groups -OCH3 is 2. The second kappa shape index (κ2) is 7.61. The monoisotopic (exact) mass is 389 g/mol. The van der Waals surface area contributed by atoms with Crippen molar-refractivity contribution in [3.8, 4) is 11.5 Å². The van der Waals surface area contributed by atoms with Crippen LogP contribution < -0.4 is 20.5 Å². The molecule has 2 aromatic rings. The van der Waals surface area contributed by atoms with Gasteiger partial charge in [-0.25, -0.2) is 14.3 Å². The third-order valence-corrected chi connectivity index (χ3v) is 4.99. The molecule has 7 nitrogen and oxygen atoms in total. The lowest BCUT2D eigenvalue weighted by Crippen LogP contribution is -2.54. The van der Waals surface area contributed by atoms with Gasteiger partial charge in [0.25, 0.3) is 0 Å². The van der Waals surface area contributed by atoms with E-state index in [0.29, 0.717) is 37.0 Å². The van der Waals surface area contributed by atoms with E-state index in [1.807, 2.05) is 23.1 Å². The lowest BCUT2D eigenvalue weighted by molar-refractivity contribution is 0.142. The molecule has 2 aliphatic heterocycles. The zero-order chi connectivity index (χ0) is 19.7. The number of rotatable bonds is 5. The van der Waals surface area contributed by atoms with Crippen molar-refractivity contribution in [2.45, 2.75) is 12.6 Å². The van der Waals surface area contributed by atoms with Gasteiger partial charge in [-0.05, 0) is 24.3 Å². The molecule has 2 aliphatic rings. The molecule has 1 unspecified atom stereocenters. The number of amidine groups is 1. The van der Waals surface area contributed by atoms with Crippen LogP contribution in [-0.2, 0) is 6.54 Å². The van der Waals surface area contributed by atoms with E-state index in [9.17, 15) is 8.78 Å². The van der Waals surface area contributed by atoms with Crippen molar-refractivity contribution in [3.63, 3.8) is 0 Å². The van der Waals surface area contributed by atoms with Gasteiger partial charge in [0, 0.05) is 24.2 Å². The van der Waals surface area contributed by atoms with E-state index < -0.39 is 17.7 Å². The van der Waals surface area contributed by atoms with Gasteiger partial charge in [-0.3, -0.25) is 9.91 Å². The number of hydrogen-bond donors (Lipinski definition) is 2. The maximum absolute atomic E-state index is 14.7. The summed E-state index contributed by atoms with van der Waals surface area (Å²) in [5, 5.41) is 6.05. The van der Waals surface area contributed by atoms with E-state index in [-0.39, 0.29) is 5.56 Å². The number of hydrazone groups is 1. The molecular formula is C19H21F2N5O2. The second-order valence-electron chi connectivity index (χ2n) is 6.54. The highest BCUT2D eigenvalue weighted by Gasteiger charge is 2.38. The third-order valence-electron chi connectivity index (χ3n) is 4.99. The average molecular weight is 389 g/mol. The number of ether oxygens (including phenoxy) is 2. The molecule has 9 heteroatoms. The number of hydrazine groups is 2. The van der Waals surface area contributed by atoms with Gasteiger partial charge >= 0.3 is 0 Å². The summed E-state index contributed by atoms with van der Waals surface area (Å²) in [6.07, 6.45) is 0. The molecule has 0 aliphatic carbocycles. The predicted octanol–water partition coefficient (Wildman–Crippen LogP) is 2.18. The molecule has 0 amide bonds. The molecule has 1 atom stereocenters. The Bertz CT molecular complexity index is 908. The Labute approximate surface area is 161 Å². The minimum atomic E-state index is -0.881. The van der Waals surface area contributed by atoms with Crippen LogP contribution in [0, 0.1) is 11.6 Å². The molecule has 28 heavy (non-hydrogen) atoms. The maximum atomic E-state index is 14.7. The molecular weight excluding hydrogens is 368 g/mol. The standard InChI is InChI=1S/C19H21F2N5O2/c1-27-13-6-7-16(28-2)12(10-13)11-25-8-9-26-19(22-23-24-26)18(25)14-4-3-5-15(20)17(14)21/h3-7,10,18,23-24H,8-9,11H2,1-2H3. The van der Waals surface area contributed by atoms with Crippen molar-refractivity contribution in [1.82, 2.24) is 21.0 Å². The molecule has 2 heterocycles. The molecule has 4 rings (SSSR count). The van der Waals surface area contributed by atoms with Crippen LogP contribution in [0.15, 0.2) is 41.5 Å². The fraction of sp³-hybridized carbons (Fsp3) is 0.316. The summed E-state index contributed by atoms with van der Waals surface area (Å²) >= 11 is 0. The first-order valence-electron chi connectivity index (χ1n) is 8.87. The van der Waals surface area contributed by atoms with Crippen molar-refractivity contribution < 1.29 is 18.3 Å². The largest absolute Gasteiger partial charge is 0.497 e.